The number of benzene rings is 2. The van der Waals surface area contributed by atoms with E-state index in [1.54, 1.807) is 16.8 Å². The summed E-state index contributed by atoms with van der Waals surface area (Å²) in [6, 6.07) is 14.3. The van der Waals surface area contributed by atoms with Crippen LogP contribution in [-0.2, 0) is 22.6 Å². The number of aromatic nitrogens is 1. The maximum absolute atomic E-state index is 13.4. The highest BCUT2D eigenvalue weighted by molar-refractivity contribution is 6.00. The molecule has 0 saturated carbocycles. The molecule has 7 nitrogen and oxygen atoms in total. The van der Waals surface area contributed by atoms with Crippen molar-refractivity contribution in [3.8, 4) is 5.75 Å². The van der Waals surface area contributed by atoms with Crippen LogP contribution in [0.3, 0.4) is 0 Å². The molecule has 0 bridgehead atoms. The summed E-state index contributed by atoms with van der Waals surface area (Å²) in [5.74, 6) is 0.831. The van der Waals surface area contributed by atoms with Crippen molar-refractivity contribution in [1.82, 2.24) is 19.3 Å². The van der Waals surface area contributed by atoms with E-state index in [0.29, 0.717) is 13.2 Å². The number of likely N-dealkylation sites (tertiary alicyclic amines) is 1. The molecule has 3 aromatic rings. The Hall–Kier alpha value is -3.32. The summed E-state index contributed by atoms with van der Waals surface area (Å²) in [5.41, 5.74) is 5.67. The molecule has 6 rings (SSSR count). The van der Waals surface area contributed by atoms with E-state index in [9.17, 15) is 9.59 Å². The molecular formula is C30H36N4O3. The quantitative estimate of drug-likeness (QED) is 0.517. The molecule has 0 aliphatic carbocycles. The normalized spacial score (nSPS) is 20.3. The van der Waals surface area contributed by atoms with E-state index in [4.69, 9.17) is 4.74 Å². The summed E-state index contributed by atoms with van der Waals surface area (Å²) in [5, 5.41) is 1.02. The SMILES string of the molecule is Cc1ccc(Cn2c3c(c4cc(OCCN5CCCCC5)ccc42)C2C(=O)N(C)CC(=O)N2CC3)cc1. The molecule has 2 amide bonds. The molecule has 2 saturated heterocycles. The van der Waals surface area contributed by atoms with Gasteiger partial charge in [-0.1, -0.05) is 36.2 Å². The average molecular weight is 501 g/mol. The third-order valence-electron chi connectivity index (χ3n) is 8.25. The number of carbonyl (C=O) groups is 2. The number of piperidine rings is 1. The van der Waals surface area contributed by atoms with Gasteiger partial charge in [-0.3, -0.25) is 14.5 Å². The lowest BCUT2D eigenvalue weighted by molar-refractivity contribution is -0.155. The molecule has 2 aromatic carbocycles. The molecule has 7 heteroatoms. The number of nitrogens with zero attached hydrogens (tertiary/aromatic N) is 4. The van der Waals surface area contributed by atoms with Gasteiger partial charge in [0.05, 0.1) is 6.54 Å². The second-order valence-corrected chi connectivity index (χ2v) is 10.8. The van der Waals surface area contributed by atoms with Crippen LogP contribution in [0.5, 0.6) is 5.75 Å². The van der Waals surface area contributed by atoms with Crippen molar-refractivity contribution in [3.63, 3.8) is 0 Å². The fourth-order valence-electron chi connectivity index (χ4n) is 6.23. The van der Waals surface area contributed by atoms with Crippen LogP contribution in [0, 0.1) is 6.92 Å². The molecule has 3 aliphatic heterocycles. The summed E-state index contributed by atoms with van der Waals surface area (Å²) >= 11 is 0. The molecule has 1 aromatic heterocycles. The molecule has 0 N–H and O–H groups in total. The lowest BCUT2D eigenvalue weighted by atomic mass is 9.92. The molecule has 0 spiro atoms. The Kier molecular flexibility index (Phi) is 6.41. The Balaban J connectivity index is 1.38. The van der Waals surface area contributed by atoms with Crippen LogP contribution in [0.25, 0.3) is 10.9 Å². The third-order valence-corrected chi connectivity index (χ3v) is 8.25. The second-order valence-electron chi connectivity index (χ2n) is 10.8. The van der Waals surface area contributed by atoms with Crippen molar-refractivity contribution in [1.29, 1.82) is 0 Å². The first-order valence-corrected chi connectivity index (χ1v) is 13.6. The standard InChI is InChI=1S/C30H36N4O3/c1-21-6-8-22(9-7-21)19-34-25-11-10-23(37-17-16-32-13-4-3-5-14-32)18-24(25)28-26(34)12-15-33-27(35)20-31(2)30(36)29(28)33/h6-11,18,29H,3-5,12-17,19-20H2,1-2H3. The number of hydrogen-bond donors (Lipinski definition) is 0. The predicted molar refractivity (Wildman–Crippen MR) is 144 cm³/mol. The maximum atomic E-state index is 13.4. The van der Waals surface area contributed by atoms with Crippen molar-refractivity contribution < 1.29 is 14.3 Å². The van der Waals surface area contributed by atoms with Gasteiger partial charge in [0.1, 0.15) is 18.4 Å². The maximum Gasteiger partial charge on any atom is 0.250 e. The zero-order valence-corrected chi connectivity index (χ0v) is 21.9. The van der Waals surface area contributed by atoms with Crippen molar-refractivity contribution in [2.24, 2.45) is 0 Å². The minimum absolute atomic E-state index is 0.00800. The van der Waals surface area contributed by atoms with Gasteiger partial charge in [-0.15, -0.1) is 0 Å². The minimum atomic E-state index is -0.569. The molecule has 1 atom stereocenters. The molecule has 37 heavy (non-hydrogen) atoms. The van der Waals surface area contributed by atoms with Gasteiger partial charge in [-0.2, -0.15) is 0 Å². The molecular weight excluding hydrogens is 464 g/mol. The van der Waals surface area contributed by atoms with Gasteiger partial charge in [0.25, 0.3) is 0 Å². The van der Waals surface area contributed by atoms with E-state index in [-0.39, 0.29) is 18.4 Å². The lowest BCUT2D eigenvalue weighted by Gasteiger charge is -2.42. The number of likely N-dealkylation sites (N-methyl/N-ethyl adjacent to an activating group) is 1. The van der Waals surface area contributed by atoms with Gasteiger partial charge in [0, 0.05) is 55.3 Å². The zero-order valence-electron chi connectivity index (χ0n) is 21.9. The molecule has 3 aliphatic rings. The molecule has 194 valence electrons. The van der Waals surface area contributed by atoms with Crippen molar-refractivity contribution in [3.05, 3.63) is 64.8 Å². The highest BCUT2D eigenvalue weighted by Crippen LogP contribution is 2.41. The first-order chi connectivity index (χ1) is 18.0. The first-order valence-electron chi connectivity index (χ1n) is 13.6. The van der Waals surface area contributed by atoms with E-state index in [0.717, 1.165) is 60.5 Å². The number of aryl methyl sites for hydroxylation is 1. The van der Waals surface area contributed by atoms with Crippen LogP contribution in [0.4, 0.5) is 0 Å². The molecule has 2 fully saturated rings. The van der Waals surface area contributed by atoms with Crippen molar-refractivity contribution in [2.75, 3.05) is 46.4 Å². The Labute approximate surface area is 218 Å². The monoisotopic (exact) mass is 500 g/mol. The van der Waals surface area contributed by atoms with Crippen LogP contribution in [0.15, 0.2) is 42.5 Å². The number of piperazine rings is 1. The smallest absolute Gasteiger partial charge is 0.250 e. The average Bonchev–Trinajstić information content (AvgIpc) is 3.22. The Morgan fingerprint density at radius 2 is 1.76 bits per heavy atom. The number of carbonyl (C=O) groups excluding carboxylic acids is 2. The van der Waals surface area contributed by atoms with Crippen LogP contribution in [-0.4, -0.2) is 77.5 Å². The summed E-state index contributed by atoms with van der Waals surface area (Å²) in [7, 11) is 1.73. The van der Waals surface area contributed by atoms with Gasteiger partial charge in [0.2, 0.25) is 11.8 Å². The fraction of sp³-hybridized carbons (Fsp3) is 0.467. The molecule has 4 heterocycles. The number of rotatable bonds is 6. The van der Waals surface area contributed by atoms with E-state index in [1.807, 2.05) is 6.07 Å². The zero-order chi connectivity index (χ0) is 25.5. The predicted octanol–water partition coefficient (Wildman–Crippen LogP) is 3.76. The highest BCUT2D eigenvalue weighted by atomic mass is 16.5. The van der Waals surface area contributed by atoms with Crippen LogP contribution in [0.1, 0.15) is 47.7 Å². The van der Waals surface area contributed by atoms with E-state index in [2.05, 4.69) is 52.8 Å². The number of hydrogen-bond acceptors (Lipinski definition) is 4. The summed E-state index contributed by atoms with van der Waals surface area (Å²) in [6.07, 6.45) is 4.60. The van der Waals surface area contributed by atoms with Crippen molar-refractivity contribution in [2.45, 2.75) is 45.2 Å². The Morgan fingerprint density at radius 3 is 2.54 bits per heavy atom. The number of ether oxygens (including phenoxy) is 1. The number of amides is 2. The largest absolute Gasteiger partial charge is 0.492 e. The third kappa shape index (κ3) is 4.50. The minimum Gasteiger partial charge on any atom is -0.492 e. The van der Waals surface area contributed by atoms with Gasteiger partial charge in [-0.25, -0.2) is 0 Å². The van der Waals surface area contributed by atoms with Crippen LogP contribution < -0.4 is 4.74 Å². The second kappa shape index (κ2) is 9.86. The Bertz CT molecular complexity index is 1320. The van der Waals surface area contributed by atoms with Gasteiger partial charge in [-0.05, 0) is 56.6 Å². The first kappa shape index (κ1) is 24.0. The van der Waals surface area contributed by atoms with Crippen LogP contribution >= 0.6 is 0 Å². The van der Waals surface area contributed by atoms with E-state index >= 15 is 0 Å². The molecule has 0 radical (unpaired) electrons. The van der Waals surface area contributed by atoms with Crippen LogP contribution in [0.2, 0.25) is 0 Å². The van der Waals surface area contributed by atoms with Gasteiger partial charge in [0.15, 0.2) is 0 Å². The van der Waals surface area contributed by atoms with Gasteiger partial charge >= 0.3 is 0 Å². The molecule has 1 unspecified atom stereocenters. The number of fused-ring (bicyclic) bond motifs is 5. The Morgan fingerprint density at radius 1 is 0.973 bits per heavy atom. The van der Waals surface area contributed by atoms with E-state index < -0.39 is 6.04 Å². The van der Waals surface area contributed by atoms with Gasteiger partial charge < -0.3 is 19.1 Å². The van der Waals surface area contributed by atoms with E-state index in [1.165, 1.54) is 30.4 Å². The fourth-order valence-corrected chi connectivity index (χ4v) is 6.23. The summed E-state index contributed by atoms with van der Waals surface area (Å²) in [6.45, 7) is 7.42. The summed E-state index contributed by atoms with van der Waals surface area (Å²) in [4.78, 5) is 32.2. The highest BCUT2D eigenvalue weighted by Gasteiger charge is 2.44. The topological polar surface area (TPSA) is 58.0 Å². The van der Waals surface area contributed by atoms with Crippen molar-refractivity contribution >= 4 is 22.7 Å². The summed E-state index contributed by atoms with van der Waals surface area (Å²) < 4.78 is 8.57. The lowest BCUT2D eigenvalue weighted by Crippen LogP contribution is -2.56.